The highest BCUT2D eigenvalue weighted by atomic mass is 32.1. The van der Waals surface area contributed by atoms with Gasteiger partial charge in [0.05, 0.1) is 71.3 Å². The molecule has 0 N–H and O–H groups in total. The minimum absolute atomic E-state index is 0.0544. The highest BCUT2D eigenvalue weighted by Gasteiger charge is 2.22. The monoisotopic (exact) mass is 1180 g/mol. The summed E-state index contributed by atoms with van der Waals surface area (Å²) in [5, 5.41) is -9.27. The maximum absolute atomic E-state index is 9.72. The Morgan fingerprint density at radius 3 is 1.17 bits per heavy atom. The zero-order chi connectivity index (χ0) is 102. The molecule has 0 aliphatic rings. The molecule has 2 heteroatoms. The first-order chi connectivity index (χ1) is 64.3. The van der Waals surface area contributed by atoms with Crippen molar-refractivity contribution in [2.24, 2.45) is 0 Å². The normalized spacial score (nSPS) is 20.2. The standard InChI is InChI=1S/2C42H26S/c1-2-12-31-28(10-1)11-9-18-33(31)42-36-16-5-3-14-34(36)41(35-15-4-6-17-37(35)42)29-22-20-27(21-23-29)30-24-25-40-38(26-30)32-13-7-8-19-39(32)43-40;1-2-13-27(14-3-1)28-25-26-35(30-16-5-4-15-29(28)30)40-31-17-6-8-19-33(31)41(34-20-9-7-18-32(34)40)37-22-12-24-39-42(37)36-21-10-11-23-38(36)43-39/h2*1-26H/i2*1D,2D,3D,4D,5D,6D,7D,8D,9D,10D,11D,12D,13D,14D,15D,16D,17D,18D,19D,20D,21D,22D,23D,24D,25D,26D. The van der Waals surface area contributed by atoms with Gasteiger partial charge in [-0.1, -0.05) is 284 Å². The van der Waals surface area contributed by atoms with Crippen LogP contribution in [0.25, 0.3) is 172 Å². The molecule has 0 fully saturated rings. The molecule has 0 spiro atoms. The van der Waals surface area contributed by atoms with Crippen LogP contribution in [-0.4, -0.2) is 0 Å². The van der Waals surface area contributed by atoms with Crippen molar-refractivity contribution in [1.82, 2.24) is 0 Å². The summed E-state index contributed by atoms with van der Waals surface area (Å²) in [5.74, 6) is 0. The van der Waals surface area contributed by atoms with Gasteiger partial charge in [-0.3, -0.25) is 0 Å². The first kappa shape index (κ1) is 20.4. The molecule has 0 saturated carbocycles. The average Bonchev–Trinajstić information content (AvgIpc) is 0.903. The Hall–Kier alpha value is -10.5. The third-order valence-electron chi connectivity index (χ3n) is 14.0. The average molecular weight is 1180 g/mol. The topological polar surface area (TPSA) is 0 Å². The van der Waals surface area contributed by atoms with Gasteiger partial charge in [0.2, 0.25) is 0 Å². The van der Waals surface area contributed by atoms with Gasteiger partial charge in [0, 0.05) is 40.3 Å². The minimum Gasteiger partial charge on any atom is -0.135 e. The van der Waals surface area contributed by atoms with Gasteiger partial charge in [-0.25, -0.2) is 0 Å². The number of fused-ring (bicyclic) bond motifs is 12. The Bertz CT molecular complexity index is 8730. The number of hydrogen-bond acceptors (Lipinski definition) is 2. The fraction of sp³-hybridized carbons (Fsp3) is 0. The molecule has 2 heterocycles. The molecule has 18 rings (SSSR count). The van der Waals surface area contributed by atoms with E-state index in [1.807, 2.05) is 0 Å². The van der Waals surface area contributed by atoms with Crippen LogP contribution in [0, 0.1) is 0 Å². The van der Waals surface area contributed by atoms with Crippen LogP contribution in [0.15, 0.2) is 314 Å². The van der Waals surface area contributed by atoms with E-state index in [2.05, 4.69) is 0 Å². The molecule has 0 radical (unpaired) electrons. The smallest absolute Gasteiger partial charge is 0.0638 e. The molecule has 0 nitrogen and oxygen atoms in total. The Morgan fingerprint density at radius 1 is 0.186 bits per heavy atom. The minimum atomic E-state index is -1.06. The zero-order valence-electron chi connectivity index (χ0n) is 94.8. The van der Waals surface area contributed by atoms with Gasteiger partial charge in [0.25, 0.3) is 0 Å². The fourth-order valence-electron chi connectivity index (χ4n) is 10.5. The van der Waals surface area contributed by atoms with E-state index in [0.29, 0.717) is 22.7 Å². The molecular formula is C84H52S2. The van der Waals surface area contributed by atoms with Gasteiger partial charge in [-0.05, 0) is 162 Å². The molecule has 16 aromatic carbocycles. The Morgan fingerprint density at radius 2 is 0.558 bits per heavy atom. The first-order valence-corrected chi connectivity index (χ1v) is 26.9. The van der Waals surface area contributed by atoms with Crippen LogP contribution in [-0.2, 0) is 0 Å². The maximum atomic E-state index is 9.72. The van der Waals surface area contributed by atoms with Gasteiger partial charge in [0.1, 0.15) is 0 Å². The molecule has 0 unspecified atom stereocenters. The van der Waals surface area contributed by atoms with Crippen LogP contribution >= 0.6 is 22.7 Å². The van der Waals surface area contributed by atoms with Crippen LogP contribution in [0.1, 0.15) is 71.3 Å². The third-order valence-corrected chi connectivity index (χ3v) is 16.1. The van der Waals surface area contributed by atoms with Crippen LogP contribution in [0.5, 0.6) is 0 Å². The van der Waals surface area contributed by atoms with E-state index in [9.17, 15) is 26.0 Å². The summed E-state index contributed by atoms with van der Waals surface area (Å²) in [7, 11) is 0. The lowest BCUT2D eigenvalue weighted by Gasteiger charge is -2.20. The Balaban J connectivity index is 0.000000191. The van der Waals surface area contributed by atoms with Crippen molar-refractivity contribution in [2.75, 3.05) is 0 Å². The summed E-state index contributed by atoms with van der Waals surface area (Å²) >= 11 is 1.37. The molecule has 2 aromatic heterocycles. The second kappa shape index (κ2) is 20.7. The van der Waals surface area contributed by atoms with E-state index in [1.165, 1.54) is 0 Å². The molecule has 0 saturated heterocycles. The quantitative estimate of drug-likeness (QED) is 0.146. The van der Waals surface area contributed by atoms with Crippen molar-refractivity contribution in [3.8, 4) is 66.8 Å². The number of rotatable bonds is 6. The molecular weight excluding hydrogens is 1070 g/mol. The van der Waals surface area contributed by atoms with Gasteiger partial charge in [0.15, 0.2) is 0 Å². The van der Waals surface area contributed by atoms with E-state index in [0.717, 1.165) is 0 Å². The molecule has 0 aliphatic carbocycles. The number of hydrogen-bond donors (Lipinski definition) is 0. The predicted molar refractivity (Wildman–Crippen MR) is 376 cm³/mol. The van der Waals surface area contributed by atoms with Crippen molar-refractivity contribution in [3.63, 3.8) is 0 Å². The summed E-state index contributed by atoms with van der Waals surface area (Å²) in [4.78, 5) is 0. The van der Waals surface area contributed by atoms with E-state index < -0.39 is 446 Å². The molecule has 400 valence electrons. The second-order valence-electron chi connectivity index (χ2n) is 18.5. The molecule has 86 heavy (non-hydrogen) atoms. The van der Waals surface area contributed by atoms with Crippen molar-refractivity contribution < 1.29 is 71.3 Å². The Kier molecular flexibility index (Phi) is 4.90. The van der Waals surface area contributed by atoms with Crippen molar-refractivity contribution in [3.05, 3.63) is 314 Å². The van der Waals surface area contributed by atoms with Gasteiger partial charge >= 0.3 is 0 Å². The highest BCUT2D eigenvalue weighted by Crippen LogP contribution is 2.50. The summed E-state index contributed by atoms with van der Waals surface area (Å²) in [6.07, 6.45) is 0. The molecule has 0 atom stereocenters. The van der Waals surface area contributed by atoms with Gasteiger partial charge < -0.3 is 0 Å². The zero-order valence-corrected chi connectivity index (χ0v) is 44.4. The van der Waals surface area contributed by atoms with E-state index in [-0.39, 0.29) is 40.3 Å². The molecule has 18 aromatic rings. The van der Waals surface area contributed by atoms with E-state index in [4.69, 9.17) is 45.2 Å². The first-order valence-electron chi connectivity index (χ1n) is 51.3. The maximum Gasteiger partial charge on any atom is 0.0638 e. The van der Waals surface area contributed by atoms with Crippen LogP contribution in [0.3, 0.4) is 0 Å². The van der Waals surface area contributed by atoms with Crippen LogP contribution < -0.4 is 0 Å². The highest BCUT2D eigenvalue weighted by molar-refractivity contribution is 7.26. The fourth-order valence-corrected chi connectivity index (χ4v) is 12.4. The van der Waals surface area contributed by atoms with Gasteiger partial charge in [-0.2, -0.15) is 0 Å². The van der Waals surface area contributed by atoms with Crippen molar-refractivity contribution >= 4 is 128 Å². The lowest BCUT2D eigenvalue weighted by Crippen LogP contribution is -1.92. The largest absolute Gasteiger partial charge is 0.135 e. The number of thiophene rings is 2. The lowest BCUT2D eigenvalue weighted by atomic mass is 9.83. The lowest BCUT2D eigenvalue weighted by molar-refractivity contribution is 1.64. The third kappa shape index (κ3) is 8.17. The Labute approximate surface area is 579 Å². The second-order valence-corrected chi connectivity index (χ2v) is 20.6. The summed E-state index contributed by atoms with van der Waals surface area (Å²) in [6.45, 7) is 0. The van der Waals surface area contributed by atoms with Crippen LogP contribution in [0.4, 0.5) is 0 Å². The van der Waals surface area contributed by atoms with E-state index >= 15 is 0 Å². The summed E-state index contributed by atoms with van der Waals surface area (Å²) < 4.78 is 466. The van der Waals surface area contributed by atoms with Crippen molar-refractivity contribution in [2.45, 2.75) is 0 Å². The predicted octanol–water partition coefficient (Wildman–Crippen LogP) is 25.0. The van der Waals surface area contributed by atoms with Crippen molar-refractivity contribution in [1.29, 1.82) is 0 Å². The van der Waals surface area contributed by atoms with E-state index in [1.54, 1.807) is 0 Å². The number of benzene rings is 16. The molecule has 0 aliphatic heterocycles. The van der Waals surface area contributed by atoms with Gasteiger partial charge in [-0.15, -0.1) is 22.7 Å². The summed E-state index contributed by atoms with van der Waals surface area (Å²) in [5.41, 5.74) is -8.42. The molecule has 0 bridgehead atoms. The SMILES string of the molecule is [2H]c1c([2H])c(-c2c3c([2H])c([2H])c([2H])c([2H])c3c(-c3c([2H])c([2H])c([2H])c4c([2H])c([2H])c([2H])c([2H])c34)c3c([2H])c([2H])c([2H])c([2H])c23)c([2H])c([2H])c1-c1c([2H])c([2H])c2sc3c([2H])c([2H])c([2H])c([2H])c3c2c1[2H].[2H]c1c([2H])c([2H])c(-c2c([2H])c([2H])c(-c3c4c([2H])c([2H])c([2H])c([2H])c4c(-c4c([2H])c([2H])c([2H])c5sc6c([2H])c([2H])c([2H])c([2H])c6c45)c4c([2H])c([2H])c([2H])c([2H])c34)c3c([2H])c([2H])c([2H])c([2H])c23)c([2H])c1[2H]. The summed E-state index contributed by atoms with van der Waals surface area (Å²) in [6, 6.07) is -45.6. The van der Waals surface area contributed by atoms with Crippen LogP contribution in [0.2, 0.25) is 0 Å². The molecule has 0 amide bonds.